The number of piperidine rings is 1. The summed E-state index contributed by atoms with van der Waals surface area (Å²) in [7, 11) is 0. The van der Waals surface area contributed by atoms with E-state index in [0.717, 1.165) is 5.56 Å². The molecule has 178 valence electrons. The molecule has 2 aromatic heterocycles. The van der Waals surface area contributed by atoms with E-state index >= 15 is 0 Å². The van der Waals surface area contributed by atoms with E-state index in [1.165, 1.54) is 16.3 Å². The maximum absolute atomic E-state index is 13.0. The molecule has 0 unspecified atom stereocenters. The molecule has 0 spiro atoms. The number of rotatable bonds is 7. The molecule has 1 aliphatic rings. The maximum Gasteiger partial charge on any atom is 0.263 e. The van der Waals surface area contributed by atoms with Gasteiger partial charge in [0.05, 0.1) is 16.7 Å². The van der Waals surface area contributed by atoms with E-state index in [1.807, 2.05) is 57.8 Å². The van der Waals surface area contributed by atoms with Gasteiger partial charge in [0.15, 0.2) is 10.9 Å². The van der Waals surface area contributed by atoms with Gasteiger partial charge >= 0.3 is 0 Å². The second-order valence-electron chi connectivity index (χ2n) is 8.51. The smallest absolute Gasteiger partial charge is 0.263 e. The summed E-state index contributed by atoms with van der Waals surface area (Å²) in [4.78, 5) is 40.4. The normalized spacial score (nSPS) is 14.5. The fourth-order valence-electron chi connectivity index (χ4n) is 4.57. The molecule has 1 aliphatic heterocycles. The number of fused-ring (bicyclic) bond motifs is 3. The van der Waals surface area contributed by atoms with Crippen LogP contribution in [0.15, 0.2) is 77.2 Å². The minimum atomic E-state index is -0.152. The number of hydrogen-bond donors (Lipinski definition) is 0. The Morgan fingerprint density at radius 3 is 2.49 bits per heavy atom. The van der Waals surface area contributed by atoms with Gasteiger partial charge in [0.1, 0.15) is 0 Å². The summed E-state index contributed by atoms with van der Waals surface area (Å²) >= 11 is 1.30. The van der Waals surface area contributed by atoms with Crippen molar-refractivity contribution in [3.05, 3.63) is 83.2 Å². The molecule has 0 bridgehead atoms. The number of ketones is 1. The predicted molar refractivity (Wildman–Crippen MR) is 136 cm³/mol. The van der Waals surface area contributed by atoms with Crippen molar-refractivity contribution in [1.29, 1.82) is 0 Å². The lowest BCUT2D eigenvalue weighted by atomic mass is 9.89. The largest absolute Gasteiger partial charge is 0.342 e. The van der Waals surface area contributed by atoms with Crippen molar-refractivity contribution in [2.75, 3.05) is 18.8 Å². The summed E-state index contributed by atoms with van der Waals surface area (Å²) in [5.74, 6) is 0.722. The Labute approximate surface area is 206 Å². The summed E-state index contributed by atoms with van der Waals surface area (Å²) in [6, 6.07) is 16.6. The number of nitrogens with zero attached hydrogens (tertiary/aromatic N) is 5. The van der Waals surface area contributed by atoms with Crippen LogP contribution in [0, 0.1) is 5.92 Å². The van der Waals surface area contributed by atoms with Gasteiger partial charge in [-0.3, -0.25) is 23.4 Å². The highest BCUT2D eigenvalue weighted by molar-refractivity contribution is 7.99. The number of likely N-dealkylation sites (tertiary alicyclic amines) is 1. The Hall–Kier alpha value is -3.72. The molecule has 1 amide bonds. The van der Waals surface area contributed by atoms with Crippen molar-refractivity contribution < 1.29 is 9.59 Å². The Morgan fingerprint density at radius 1 is 1.03 bits per heavy atom. The highest BCUT2D eigenvalue weighted by atomic mass is 32.2. The van der Waals surface area contributed by atoms with Crippen molar-refractivity contribution in [1.82, 2.24) is 24.1 Å². The fraction of sp³-hybridized carbons (Fsp3) is 0.269. The number of aromatic nitrogens is 4. The number of amides is 1. The van der Waals surface area contributed by atoms with Crippen LogP contribution in [0.1, 0.15) is 23.2 Å². The van der Waals surface area contributed by atoms with Crippen molar-refractivity contribution in [2.45, 2.75) is 24.5 Å². The number of thioether (sulfide) groups is 1. The van der Waals surface area contributed by atoms with Crippen LogP contribution in [0.4, 0.5) is 0 Å². The average Bonchev–Trinajstić information content (AvgIpc) is 3.34. The van der Waals surface area contributed by atoms with Gasteiger partial charge in [-0.1, -0.05) is 60.3 Å². The Morgan fingerprint density at radius 2 is 1.74 bits per heavy atom. The third-order valence-electron chi connectivity index (χ3n) is 6.39. The average molecular weight is 488 g/mol. The first-order chi connectivity index (χ1) is 17.1. The molecule has 1 saturated heterocycles. The molecule has 0 atom stereocenters. The van der Waals surface area contributed by atoms with Crippen molar-refractivity contribution in [2.24, 2.45) is 5.92 Å². The van der Waals surface area contributed by atoms with Crippen LogP contribution in [-0.4, -0.2) is 54.6 Å². The van der Waals surface area contributed by atoms with Crippen molar-refractivity contribution in [3.63, 3.8) is 0 Å². The lowest BCUT2D eigenvalue weighted by Crippen LogP contribution is -2.41. The van der Waals surface area contributed by atoms with Crippen molar-refractivity contribution in [3.8, 4) is 0 Å². The molecule has 8 nitrogen and oxygen atoms in total. The molecule has 0 aliphatic carbocycles. The summed E-state index contributed by atoms with van der Waals surface area (Å²) in [6.07, 6.45) is 2.97. The number of para-hydroxylation sites is 1. The van der Waals surface area contributed by atoms with Crippen LogP contribution in [0.2, 0.25) is 0 Å². The zero-order chi connectivity index (χ0) is 24.4. The van der Waals surface area contributed by atoms with Crippen LogP contribution in [0.25, 0.3) is 16.7 Å². The zero-order valence-corrected chi connectivity index (χ0v) is 20.0. The number of carbonyl (C=O) groups is 2. The molecule has 4 aromatic rings. The van der Waals surface area contributed by atoms with Gasteiger partial charge in [-0.05, 0) is 25.0 Å². The lowest BCUT2D eigenvalue weighted by molar-refractivity contribution is -0.129. The van der Waals surface area contributed by atoms with E-state index in [0.29, 0.717) is 54.3 Å². The van der Waals surface area contributed by atoms with Crippen LogP contribution in [0.5, 0.6) is 0 Å². The van der Waals surface area contributed by atoms with E-state index in [4.69, 9.17) is 0 Å². The van der Waals surface area contributed by atoms with Gasteiger partial charge in [0.2, 0.25) is 11.7 Å². The summed E-state index contributed by atoms with van der Waals surface area (Å²) in [6.45, 7) is 5.17. The third-order valence-corrected chi connectivity index (χ3v) is 7.31. The third kappa shape index (κ3) is 4.39. The first-order valence-electron chi connectivity index (χ1n) is 11.6. The molecule has 9 heteroatoms. The second-order valence-corrected chi connectivity index (χ2v) is 9.46. The Bertz CT molecular complexity index is 1470. The van der Waals surface area contributed by atoms with Gasteiger partial charge in [-0.2, -0.15) is 0 Å². The number of benzene rings is 2. The van der Waals surface area contributed by atoms with E-state index in [-0.39, 0.29) is 28.9 Å². The minimum Gasteiger partial charge on any atom is -0.342 e. The first kappa shape index (κ1) is 23.0. The second kappa shape index (κ2) is 9.87. The summed E-state index contributed by atoms with van der Waals surface area (Å²) < 4.78 is 3.35. The quantitative estimate of drug-likeness (QED) is 0.225. The fourth-order valence-corrected chi connectivity index (χ4v) is 5.41. The monoisotopic (exact) mass is 487 g/mol. The van der Waals surface area contributed by atoms with Gasteiger partial charge in [-0.25, -0.2) is 0 Å². The first-order valence-corrected chi connectivity index (χ1v) is 12.5. The van der Waals surface area contributed by atoms with Crippen LogP contribution in [-0.2, 0) is 11.3 Å². The molecular formula is C26H25N5O3S. The predicted octanol–water partition coefficient (Wildman–Crippen LogP) is 3.44. The highest BCUT2D eigenvalue weighted by Crippen LogP contribution is 2.25. The Kier molecular flexibility index (Phi) is 6.50. The standard InChI is InChI=1S/C26H25N5O3S/c1-2-14-30-24(34)20-10-6-7-11-21(20)31-25(30)27-28-26(31)35-17-22(32)29-15-12-19(13-16-29)23(33)18-8-4-3-5-9-18/h2-11,19H,1,12-17H2. The maximum atomic E-state index is 13.0. The van der Waals surface area contributed by atoms with Gasteiger partial charge in [0, 0.05) is 31.1 Å². The lowest BCUT2D eigenvalue weighted by Gasteiger charge is -2.31. The summed E-state index contributed by atoms with van der Waals surface area (Å²) in [5.41, 5.74) is 1.28. The number of hydrogen-bond acceptors (Lipinski definition) is 6. The minimum absolute atomic E-state index is 0.000999. The molecule has 0 N–H and O–H groups in total. The zero-order valence-electron chi connectivity index (χ0n) is 19.2. The van der Waals surface area contributed by atoms with Gasteiger partial charge < -0.3 is 4.90 Å². The van der Waals surface area contributed by atoms with E-state index in [9.17, 15) is 14.4 Å². The molecule has 5 rings (SSSR count). The van der Waals surface area contributed by atoms with Crippen LogP contribution in [0.3, 0.4) is 0 Å². The van der Waals surface area contributed by atoms with E-state index in [1.54, 1.807) is 12.1 Å². The van der Waals surface area contributed by atoms with Crippen LogP contribution >= 0.6 is 11.8 Å². The van der Waals surface area contributed by atoms with E-state index < -0.39 is 0 Å². The van der Waals surface area contributed by atoms with E-state index in [2.05, 4.69) is 16.8 Å². The summed E-state index contributed by atoms with van der Waals surface area (Å²) in [5, 5.41) is 9.63. The number of Topliss-reactive ketones (excluding diaryl/α,β-unsaturated/α-hetero) is 1. The van der Waals surface area contributed by atoms with Crippen molar-refractivity contribution >= 4 is 40.1 Å². The molecule has 1 fully saturated rings. The molecule has 0 radical (unpaired) electrons. The van der Waals surface area contributed by atoms with Crippen LogP contribution < -0.4 is 5.56 Å². The van der Waals surface area contributed by atoms with Gasteiger partial charge in [0.25, 0.3) is 5.56 Å². The molecular weight excluding hydrogens is 462 g/mol. The number of carbonyl (C=O) groups excluding carboxylic acids is 2. The topological polar surface area (TPSA) is 89.6 Å². The molecule has 35 heavy (non-hydrogen) atoms. The molecule has 2 aromatic carbocycles. The number of allylic oxidation sites excluding steroid dienone is 1. The highest BCUT2D eigenvalue weighted by Gasteiger charge is 2.28. The molecule has 3 heterocycles. The SMILES string of the molecule is C=CCn1c(=O)c2ccccc2n2c(SCC(=O)N3CCC(C(=O)c4ccccc4)CC3)nnc12. The van der Waals surface area contributed by atoms with Gasteiger partial charge in [-0.15, -0.1) is 16.8 Å². The Balaban J connectivity index is 1.30. The molecule has 0 saturated carbocycles.